The molecule has 19 heavy (non-hydrogen) atoms. The average Bonchev–Trinajstić information content (AvgIpc) is 2.26. The van der Waals surface area contributed by atoms with Gasteiger partial charge in [-0.2, -0.15) is 0 Å². The summed E-state index contributed by atoms with van der Waals surface area (Å²) in [7, 11) is 0. The van der Waals surface area contributed by atoms with Crippen LogP contribution in [0.5, 0.6) is 0 Å². The van der Waals surface area contributed by atoms with E-state index in [0.717, 1.165) is 0 Å². The van der Waals surface area contributed by atoms with E-state index in [2.05, 4.69) is 0 Å². The summed E-state index contributed by atoms with van der Waals surface area (Å²) in [5, 5.41) is 9.72. The second-order valence-electron chi connectivity index (χ2n) is 5.12. The zero-order valence-electron chi connectivity index (χ0n) is 11.4. The summed E-state index contributed by atoms with van der Waals surface area (Å²) in [6.07, 6.45) is 0. The minimum Gasteiger partial charge on any atom is -0.478 e. The predicted octanol–water partition coefficient (Wildman–Crippen LogP) is 3.51. The molecule has 1 aromatic rings. The van der Waals surface area contributed by atoms with Crippen molar-refractivity contribution in [3.63, 3.8) is 0 Å². The molecular weight excluding hydrogens is 268 g/mol. The second kappa shape index (κ2) is 5.61. The van der Waals surface area contributed by atoms with E-state index in [9.17, 15) is 14.7 Å². The lowest BCUT2D eigenvalue weighted by Gasteiger charge is -2.24. The van der Waals surface area contributed by atoms with Gasteiger partial charge < -0.3 is 9.84 Å². The van der Waals surface area contributed by atoms with Crippen molar-refractivity contribution < 1.29 is 19.4 Å². The van der Waals surface area contributed by atoms with Crippen LogP contribution < -0.4 is 0 Å². The number of aromatic carboxylic acids is 1. The molecule has 0 aromatic heterocycles. The number of ether oxygens (including phenoxy) is 1. The van der Waals surface area contributed by atoms with Crippen LogP contribution in [0.4, 0.5) is 0 Å². The maximum Gasteiger partial charge on any atom is 0.339 e. The molecular formula is C14H17ClO4. The van der Waals surface area contributed by atoms with E-state index in [1.54, 1.807) is 6.92 Å². The molecule has 0 fully saturated rings. The standard InChI is InChI=1S/C14H17ClO4/c1-5-19-13(18)8-6-7-9(15)11(14(2,3)4)10(8)12(16)17/h6-7H,5H2,1-4H3,(H,16,17). The molecule has 0 bridgehead atoms. The van der Waals surface area contributed by atoms with Crippen LogP contribution in [-0.4, -0.2) is 23.7 Å². The maximum absolute atomic E-state index is 11.8. The Kier molecular flexibility index (Phi) is 4.58. The molecule has 0 aliphatic carbocycles. The quantitative estimate of drug-likeness (QED) is 0.863. The number of hydrogen-bond donors (Lipinski definition) is 1. The van der Waals surface area contributed by atoms with Crippen LogP contribution in [0.25, 0.3) is 0 Å². The fourth-order valence-corrected chi connectivity index (χ4v) is 2.35. The Morgan fingerprint density at radius 3 is 2.32 bits per heavy atom. The van der Waals surface area contributed by atoms with E-state index in [1.165, 1.54) is 12.1 Å². The van der Waals surface area contributed by atoms with E-state index in [0.29, 0.717) is 10.6 Å². The van der Waals surface area contributed by atoms with Crippen LogP contribution in [0.3, 0.4) is 0 Å². The zero-order chi connectivity index (χ0) is 14.8. The molecule has 0 saturated heterocycles. The first-order valence-electron chi connectivity index (χ1n) is 5.93. The van der Waals surface area contributed by atoms with Crippen molar-refractivity contribution in [2.45, 2.75) is 33.1 Å². The van der Waals surface area contributed by atoms with Crippen LogP contribution in [0.15, 0.2) is 12.1 Å². The van der Waals surface area contributed by atoms with Gasteiger partial charge in [-0.25, -0.2) is 9.59 Å². The Labute approximate surface area is 117 Å². The van der Waals surface area contributed by atoms with Gasteiger partial charge in [0.25, 0.3) is 0 Å². The molecule has 0 aliphatic heterocycles. The minimum atomic E-state index is -1.18. The van der Waals surface area contributed by atoms with Crippen molar-refractivity contribution >= 4 is 23.5 Å². The summed E-state index contributed by atoms with van der Waals surface area (Å²) in [6.45, 7) is 7.38. The molecule has 1 N–H and O–H groups in total. The first kappa shape index (κ1) is 15.5. The number of carboxylic acid groups (broad SMARTS) is 1. The fourth-order valence-electron chi connectivity index (χ4n) is 1.91. The third-order valence-electron chi connectivity index (χ3n) is 2.61. The lowest BCUT2D eigenvalue weighted by atomic mass is 9.82. The molecule has 4 nitrogen and oxygen atoms in total. The molecule has 0 radical (unpaired) electrons. The highest BCUT2D eigenvalue weighted by atomic mass is 35.5. The Hall–Kier alpha value is -1.55. The van der Waals surface area contributed by atoms with Gasteiger partial charge in [0.05, 0.1) is 17.7 Å². The molecule has 1 rings (SSSR count). The Morgan fingerprint density at radius 2 is 1.89 bits per heavy atom. The van der Waals surface area contributed by atoms with Gasteiger partial charge in [-0.1, -0.05) is 32.4 Å². The average molecular weight is 285 g/mol. The number of rotatable bonds is 3. The van der Waals surface area contributed by atoms with Gasteiger partial charge in [-0.15, -0.1) is 0 Å². The number of benzene rings is 1. The molecule has 0 spiro atoms. The van der Waals surface area contributed by atoms with Gasteiger partial charge in [0.2, 0.25) is 0 Å². The van der Waals surface area contributed by atoms with Gasteiger partial charge in [-0.05, 0) is 30.0 Å². The first-order valence-corrected chi connectivity index (χ1v) is 6.31. The van der Waals surface area contributed by atoms with Gasteiger partial charge in [-0.3, -0.25) is 0 Å². The van der Waals surface area contributed by atoms with Crippen LogP contribution in [0.1, 0.15) is 54.0 Å². The predicted molar refractivity (Wildman–Crippen MR) is 73.1 cm³/mol. The number of carbonyl (C=O) groups is 2. The number of halogens is 1. The second-order valence-corrected chi connectivity index (χ2v) is 5.53. The number of carbonyl (C=O) groups excluding carboxylic acids is 1. The Morgan fingerprint density at radius 1 is 1.32 bits per heavy atom. The molecule has 104 valence electrons. The summed E-state index contributed by atoms with van der Waals surface area (Å²) < 4.78 is 4.88. The van der Waals surface area contributed by atoms with Crippen molar-refractivity contribution in [3.8, 4) is 0 Å². The number of hydrogen-bond acceptors (Lipinski definition) is 3. The number of carboxylic acids is 1. The number of esters is 1. The molecule has 5 heteroatoms. The molecule has 0 heterocycles. The highest BCUT2D eigenvalue weighted by Gasteiger charge is 2.29. The van der Waals surface area contributed by atoms with Gasteiger partial charge in [0.15, 0.2) is 0 Å². The maximum atomic E-state index is 11.8. The molecule has 0 atom stereocenters. The summed E-state index contributed by atoms with van der Waals surface area (Å²) in [6, 6.07) is 2.92. The molecule has 0 aliphatic rings. The van der Waals surface area contributed by atoms with E-state index in [1.807, 2.05) is 20.8 Å². The zero-order valence-corrected chi connectivity index (χ0v) is 12.2. The van der Waals surface area contributed by atoms with E-state index in [4.69, 9.17) is 16.3 Å². The summed E-state index contributed by atoms with van der Waals surface area (Å²) in [4.78, 5) is 23.3. The third-order valence-corrected chi connectivity index (χ3v) is 2.93. The third kappa shape index (κ3) is 3.26. The monoisotopic (exact) mass is 284 g/mol. The van der Waals surface area contributed by atoms with Crippen molar-refractivity contribution in [3.05, 3.63) is 33.8 Å². The smallest absolute Gasteiger partial charge is 0.339 e. The molecule has 0 unspecified atom stereocenters. The van der Waals surface area contributed by atoms with Crippen molar-refractivity contribution in [1.82, 2.24) is 0 Å². The lowest BCUT2D eigenvalue weighted by Crippen LogP contribution is -2.21. The largest absolute Gasteiger partial charge is 0.478 e. The van der Waals surface area contributed by atoms with E-state index < -0.39 is 17.4 Å². The normalized spacial score (nSPS) is 11.2. The van der Waals surface area contributed by atoms with Crippen LogP contribution in [-0.2, 0) is 10.2 Å². The first-order chi connectivity index (χ1) is 8.70. The minimum absolute atomic E-state index is 0.0312. The Balaban J connectivity index is 3.60. The van der Waals surface area contributed by atoms with Crippen LogP contribution in [0.2, 0.25) is 5.02 Å². The van der Waals surface area contributed by atoms with Gasteiger partial charge in [0, 0.05) is 5.02 Å². The van der Waals surface area contributed by atoms with Crippen LogP contribution >= 0.6 is 11.6 Å². The molecule has 0 saturated carbocycles. The fraction of sp³-hybridized carbons (Fsp3) is 0.429. The van der Waals surface area contributed by atoms with Crippen LogP contribution in [0, 0.1) is 0 Å². The summed E-state index contributed by atoms with van der Waals surface area (Å²) in [5.41, 5.74) is -0.109. The highest BCUT2D eigenvalue weighted by molar-refractivity contribution is 6.32. The van der Waals surface area contributed by atoms with E-state index in [-0.39, 0.29) is 17.7 Å². The lowest BCUT2D eigenvalue weighted by molar-refractivity contribution is 0.0514. The van der Waals surface area contributed by atoms with Crippen molar-refractivity contribution in [2.24, 2.45) is 0 Å². The van der Waals surface area contributed by atoms with Crippen molar-refractivity contribution in [2.75, 3.05) is 6.61 Å². The molecule has 0 amide bonds. The summed E-state index contributed by atoms with van der Waals surface area (Å²) in [5.74, 6) is -1.84. The van der Waals surface area contributed by atoms with Gasteiger partial charge in [0.1, 0.15) is 0 Å². The topological polar surface area (TPSA) is 63.6 Å². The Bertz CT molecular complexity index is 515. The SMILES string of the molecule is CCOC(=O)c1ccc(Cl)c(C(C)(C)C)c1C(=O)O. The van der Waals surface area contributed by atoms with Gasteiger partial charge >= 0.3 is 11.9 Å². The van der Waals surface area contributed by atoms with E-state index >= 15 is 0 Å². The van der Waals surface area contributed by atoms with Crippen molar-refractivity contribution in [1.29, 1.82) is 0 Å². The summed E-state index contributed by atoms with van der Waals surface area (Å²) >= 11 is 6.10. The highest BCUT2D eigenvalue weighted by Crippen LogP contribution is 2.34. The molecule has 1 aromatic carbocycles.